The maximum absolute atomic E-state index is 10.9. The number of halogens is 1. The van der Waals surface area contributed by atoms with Gasteiger partial charge < -0.3 is 9.84 Å². The minimum absolute atomic E-state index is 0.0723. The first kappa shape index (κ1) is 14.3. The minimum Gasteiger partial charge on any atom is -0.481 e. The number of nitrogens with zero attached hydrogens (tertiary/aromatic N) is 1. The van der Waals surface area contributed by atoms with E-state index in [9.17, 15) is 4.79 Å². The van der Waals surface area contributed by atoms with E-state index in [-0.39, 0.29) is 18.5 Å². The summed E-state index contributed by atoms with van der Waals surface area (Å²) in [6, 6.07) is 7.78. The van der Waals surface area contributed by atoms with Gasteiger partial charge in [0.15, 0.2) is 0 Å². The molecule has 1 aliphatic rings. The van der Waals surface area contributed by atoms with Crippen molar-refractivity contribution in [2.45, 2.75) is 25.4 Å². The second-order valence-corrected chi connectivity index (χ2v) is 5.23. The molecule has 1 N–H and O–H groups in total. The van der Waals surface area contributed by atoms with Gasteiger partial charge in [-0.05, 0) is 24.6 Å². The number of hydrogen-bond donors (Lipinski definition) is 1. The molecule has 0 aliphatic carbocycles. The largest absolute Gasteiger partial charge is 0.481 e. The topological polar surface area (TPSA) is 49.8 Å². The van der Waals surface area contributed by atoms with Crippen LogP contribution in [0, 0.1) is 0 Å². The number of benzene rings is 1. The quantitative estimate of drug-likeness (QED) is 0.923. The Morgan fingerprint density at radius 2 is 2.21 bits per heavy atom. The third kappa shape index (κ3) is 3.69. The average molecular weight is 284 g/mol. The van der Waals surface area contributed by atoms with Crippen molar-refractivity contribution in [1.29, 1.82) is 0 Å². The van der Waals surface area contributed by atoms with Crippen LogP contribution >= 0.6 is 11.6 Å². The van der Waals surface area contributed by atoms with Crippen molar-refractivity contribution in [2.75, 3.05) is 19.8 Å². The zero-order chi connectivity index (χ0) is 13.8. The third-order valence-electron chi connectivity index (χ3n) is 3.53. The average Bonchev–Trinajstić information content (AvgIpc) is 2.39. The molecule has 2 atom stereocenters. The fraction of sp³-hybridized carbons (Fsp3) is 0.500. The summed E-state index contributed by atoms with van der Waals surface area (Å²) in [7, 11) is 0. The number of carboxylic acid groups (broad SMARTS) is 1. The van der Waals surface area contributed by atoms with Gasteiger partial charge in [-0.1, -0.05) is 23.7 Å². The molecule has 2 unspecified atom stereocenters. The molecule has 19 heavy (non-hydrogen) atoms. The van der Waals surface area contributed by atoms with Crippen LogP contribution in [-0.2, 0) is 9.53 Å². The highest BCUT2D eigenvalue weighted by molar-refractivity contribution is 6.30. The lowest BCUT2D eigenvalue weighted by Crippen LogP contribution is -2.47. The minimum atomic E-state index is -0.788. The van der Waals surface area contributed by atoms with Gasteiger partial charge in [0.25, 0.3) is 0 Å². The number of aliphatic carboxylic acids is 1. The molecule has 1 aromatic carbocycles. The number of carboxylic acids is 1. The molecule has 1 fully saturated rings. The van der Waals surface area contributed by atoms with Gasteiger partial charge in [-0.2, -0.15) is 0 Å². The van der Waals surface area contributed by atoms with Crippen LogP contribution in [0.25, 0.3) is 0 Å². The van der Waals surface area contributed by atoms with E-state index >= 15 is 0 Å². The smallest absolute Gasteiger partial charge is 0.305 e. The summed E-state index contributed by atoms with van der Waals surface area (Å²) in [6.45, 7) is 3.96. The zero-order valence-electron chi connectivity index (χ0n) is 10.9. The third-order valence-corrected chi connectivity index (χ3v) is 3.79. The monoisotopic (exact) mass is 283 g/mol. The van der Waals surface area contributed by atoms with Gasteiger partial charge in [0, 0.05) is 23.7 Å². The molecule has 4 nitrogen and oxygen atoms in total. The van der Waals surface area contributed by atoms with Crippen molar-refractivity contribution in [3.8, 4) is 0 Å². The molecular weight excluding hydrogens is 266 g/mol. The van der Waals surface area contributed by atoms with Crippen LogP contribution in [0.1, 0.15) is 24.9 Å². The molecule has 1 aromatic rings. The second kappa shape index (κ2) is 6.37. The summed E-state index contributed by atoms with van der Waals surface area (Å²) in [4.78, 5) is 13.1. The van der Waals surface area contributed by atoms with Crippen LogP contribution in [0.5, 0.6) is 0 Å². The maximum atomic E-state index is 10.9. The number of ether oxygens (including phenoxy) is 1. The SMILES string of the molecule is CC(c1ccc(Cl)cc1)N1CCOCC1CC(=O)O. The highest BCUT2D eigenvalue weighted by atomic mass is 35.5. The van der Waals surface area contributed by atoms with Gasteiger partial charge in [0.05, 0.1) is 19.6 Å². The summed E-state index contributed by atoms with van der Waals surface area (Å²) >= 11 is 5.89. The Morgan fingerprint density at radius 3 is 2.84 bits per heavy atom. The Bertz CT molecular complexity index is 435. The Labute approximate surface area is 117 Å². The Hall–Kier alpha value is -1.10. The number of hydrogen-bond acceptors (Lipinski definition) is 3. The summed E-state index contributed by atoms with van der Waals surface area (Å²) in [5, 5.41) is 9.68. The fourth-order valence-electron chi connectivity index (χ4n) is 2.49. The Balaban J connectivity index is 2.12. The molecule has 1 heterocycles. The molecule has 1 saturated heterocycles. The highest BCUT2D eigenvalue weighted by Gasteiger charge is 2.29. The van der Waals surface area contributed by atoms with E-state index in [2.05, 4.69) is 11.8 Å². The molecule has 1 aliphatic heterocycles. The second-order valence-electron chi connectivity index (χ2n) is 4.79. The van der Waals surface area contributed by atoms with Gasteiger partial charge in [0.1, 0.15) is 0 Å². The van der Waals surface area contributed by atoms with Crippen LogP contribution < -0.4 is 0 Å². The Morgan fingerprint density at radius 1 is 1.53 bits per heavy atom. The van der Waals surface area contributed by atoms with Crippen molar-refractivity contribution in [2.24, 2.45) is 0 Å². The van der Waals surface area contributed by atoms with E-state index in [1.54, 1.807) is 0 Å². The lowest BCUT2D eigenvalue weighted by atomic mass is 10.0. The van der Waals surface area contributed by atoms with E-state index in [4.69, 9.17) is 21.4 Å². The predicted molar refractivity (Wildman–Crippen MR) is 73.4 cm³/mol. The van der Waals surface area contributed by atoms with Gasteiger partial charge >= 0.3 is 5.97 Å². The van der Waals surface area contributed by atoms with Crippen molar-refractivity contribution in [3.63, 3.8) is 0 Å². The van der Waals surface area contributed by atoms with Crippen LogP contribution in [0.15, 0.2) is 24.3 Å². The molecule has 2 rings (SSSR count). The number of morpholine rings is 1. The van der Waals surface area contributed by atoms with Crippen molar-refractivity contribution in [1.82, 2.24) is 4.90 Å². The lowest BCUT2D eigenvalue weighted by Gasteiger charge is -2.39. The van der Waals surface area contributed by atoms with Gasteiger partial charge in [-0.3, -0.25) is 9.69 Å². The van der Waals surface area contributed by atoms with Crippen LogP contribution in [-0.4, -0.2) is 41.8 Å². The first-order valence-corrected chi connectivity index (χ1v) is 6.76. The number of rotatable bonds is 4. The van der Waals surface area contributed by atoms with Crippen LogP contribution in [0.4, 0.5) is 0 Å². The summed E-state index contributed by atoms with van der Waals surface area (Å²) < 4.78 is 5.39. The molecule has 104 valence electrons. The van der Waals surface area contributed by atoms with Crippen molar-refractivity contribution >= 4 is 17.6 Å². The Kier molecular flexibility index (Phi) is 4.80. The first-order chi connectivity index (χ1) is 9.08. The summed E-state index contributed by atoms with van der Waals surface area (Å²) in [6.07, 6.45) is 0.109. The molecular formula is C14H18ClNO3. The summed E-state index contributed by atoms with van der Waals surface area (Å²) in [5.74, 6) is -0.788. The molecule has 0 spiro atoms. The van der Waals surface area contributed by atoms with E-state index in [0.717, 1.165) is 12.1 Å². The van der Waals surface area contributed by atoms with E-state index in [1.165, 1.54) is 0 Å². The fourth-order valence-corrected chi connectivity index (χ4v) is 2.61. The molecule has 0 bridgehead atoms. The predicted octanol–water partition coefficient (Wildman–Crippen LogP) is 2.58. The first-order valence-electron chi connectivity index (χ1n) is 6.38. The molecule has 0 amide bonds. The standard InChI is InChI=1S/C14H18ClNO3/c1-10(11-2-4-12(15)5-3-11)16-6-7-19-9-13(16)8-14(17)18/h2-5,10,13H,6-9H2,1H3,(H,17,18). The molecule has 0 radical (unpaired) electrons. The van der Waals surface area contributed by atoms with Crippen LogP contribution in [0.2, 0.25) is 5.02 Å². The zero-order valence-corrected chi connectivity index (χ0v) is 11.6. The van der Waals surface area contributed by atoms with E-state index in [1.807, 2.05) is 24.3 Å². The maximum Gasteiger partial charge on any atom is 0.305 e. The van der Waals surface area contributed by atoms with Crippen LogP contribution in [0.3, 0.4) is 0 Å². The molecule has 5 heteroatoms. The number of carbonyl (C=O) groups is 1. The van der Waals surface area contributed by atoms with Crippen molar-refractivity contribution in [3.05, 3.63) is 34.9 Å². The van der Waals surface area contributed by atoms with Gasteiger partial charge in [-0.15, -0.1) is 0 Å². The molecule has 0 saturated carbocycles. The van der Waals surface area contributed by atoms with Crippen molar-refractivity contribution < 1.29 is 14.6 Å². The van der Waals surface area contributed by atoms with E-state index < -0.39 is 5.97 Å². The van der Waals surface area contributed by atoms with Gasteiger partial charge in [0.2, 0.25) is 0 Å². The summed E-state index contributed by atoms with van der Waals surface area (Å²) in [5.41, 5.74) is 1.14. The molecule has 0 aromatic heterocycles. The lowest BCUT2D eigenvalue weighted by molar-refractivity contribution is -0.140. The highest BCUT2D eigenvalue weighted by Crippen LogP contribution is 2.26. The van der Waals surface area contributed by atoms with E-state index in [0.29, 0.717) is 18.2 Å². The normalized spacial score (nSPS) is 22.1. The van der Waals surface area contributed by atoms with Gasteiger partial charge in [-0.25, -0.2) is 0 Å².